The minimum Gasteiger partial charge on any atom is -0.278 e. The normalized spacial score (nSPS) is 13.8. The molecule has 0 spiro atoms. The van der Waals surface area contributed by atoms with Gasteiger partial charge in [0.15, 0.2) is 0 Å². The van der Waals surface area contributed by atoms with Crippen LogP contribution in [0.1, 0.15) is 99.9 Å². The SMILES string of the molecule is CC1(C)c2ccccc2-c2cc3c(cc21)c1ccc(-c2cccc4c2sc2ccccc24)cc1n3-c1nc(-c2ccccc2)c2ccccc2n1.CC1(C)c2ccccc2-c2cc3c4ccccc4n(-c4nc(-c5ccccc5)cc(-c5ccc(-c6ccccc6)cc5)n4)c3cc21.CC1(C)c2ccccc2-c2ccc(-c3ccc(-c4ccnc(-n5c6ccccc6c6cc7c(cc65)C(C)(C)c5ccccc5-7)n4)cc3)cc21. The molecular weight excluding hydrogens is 1790 g/mol. The maximum absolute atomic E-state index is 5.42. The van der Waals surface area contributed by atoms with Crippen molar-refractivity contribution in [1.29, 1.82) is 0 Å². The highest BCUT2D eigenvalue weighted by Gasteiger charge is 2.41. The summed E-state index contributed by atoms with van der Waals surface area (Å²) >= 11 is 1.87. The molecule has 0 aliphatic heterocycles. The van der Waals surface area contributed by atoms with Crippen LogP contribution in [0.25, 0.3) is 237 Å². The van der Waals surface area contributed by atoms with Gasteiger partial charge in [0, 0.05) is 108 Å². The summed E-state index contributed by atoms with van der Waals surface area (Å²) in [4.78, 5) is 31.3. The van der Waals surface area contributed by atoms with Crippen molar-refractivity contribution in [3.63, 3.8) is 0 Å². The number of fused-ring (bicyclic) bond motifs is 25. The molecule has 0 radical (unpaired) electrons. The fourth-order valence-corrected chi connectivity index (χ4v) is 25.8. The van der Waals surface area contributed by atoms with E-state index in [-0.39, 0.29) is 21.7 Å². The minimum absolute atomic E-state index is 0.0220. The standard InChI is InChI=1S/C47H31N3S.C46H35N3.C43H31N3/c1-47(2)38-20-9-6-15-31(38)36-27-42-37(26-39(36)47)32-24-23-29(30-18-12-19-34-33-16-8-11-22-43(33)51-45(30)34)25-41(32)50(42)46-48-40-21-10-7-17-35(40)44(49-46)28-13-4-3-5-14-28;1-45(2)37-14-8-5-11-31(37)33-22-21-30(25-39(33)45)28-17-19-29(20-18-28)41-23-24-47-44(48-41)49-42-16-10-7-13-34(42)36-26-35-32-12-6-9-15-38(32)46(3,4)40(35)27-43(36)49;1-43(2)36-19-11-9-17-32(36)34-25-35-33-18-10-12-20-40(33)46(41(35)26-37(34)43)42-44-38(30-15-7-4-8-16-30)27-39(45-42)31-23-21-29(22-24-31)28-13-5-3-6-14-28/h3-27H,1-2H3;5-27H,1-4H3;3-27H,1-2H3. The van der Waals surface area contributed by atoms with Gasteiger partial charge in [-0.15, -0.1) is 11.3 Å². The summed E-state index contributed by atoms with van der Waals surface area (Å²) in [5.74, 6) is 2.03. The molecule has 9 nitrogen and oxygen atoms in total. The minimum atomic E-state index is -0.111. The highest BCUT2D eigenvalue weighted by molar-refractivity contribution is 7.26. The molecule has 0 bridgehead atoms. The summed E-state index contributed by atoms with van der Waals surface area (Å²) in [5.41, 5.74) is 43.9. The smallest absolute Gasteiger partial charge is 0.235 e. The average molecular weight is 1890 g/mol. The second kappa shape index (κ2) is 32.9. The van der Waals surface area contributed by atoms with Crippen LogP contribution < -0.4 is 0 Å². The zero-order chi connectivity index (χ0) is 97.7. The van der Waals surface area contributed by atoms with Crippen molar-refractivity contribution >= 4 is 108 Å². The first-order valence-corrected chi connectivity index (χ1v) is 51.3. The number of rotatable bonds is 10. The topological polar surface area (TPSA) is 92.1 Å². The molecule has 0 saturated heterocycles. The van der Waals surface area contributed by atoms with Crippen molar-refractivity contribution < 1.29 is 0 Å². The van der Waals surface area contributed by atoms with E-state index in [0.29, 0.717) is 17.8 Å². The van der Waals surface area contributed by atoms with Crippen molar-refractivity contribution in [2.75, 3.05) is 0 Å². The quantitative estimate of drug-likeness (QED) is 0.135. The van der Waals surface area contributed by atoms with Gasteiger partial charge in [0.05, 0.1) is 61.4 Å². The zero-order valence-corrected chi connectivity index (χ0v) is 82.9. The molecule has 26 aromatic rings. The Kier molecular flexibility index (Phi) is 19.4. The fourth-order valence-electron chi connectivity index (χ4n) is 24.5. The van der Waals surface area contributed by atoms with Gasteiger partial charge in [0.2, 0.25) is 17.8 Å². The molecule has 0 fully saturated rings. The van der Waals surface area contributed by atoms with Crippen molar-refractivity contribution in [1.82, 2.24) is 43.6 Å². The van der Waals surface area contributed by atoms with Crippen LogP contribution in [-0.4, -0.2) is 43.6 Å². The molecule has 0 unspecified atom stereocenters. The van der Waals surface area contributed by atoms with Crippen molar-refractivity contribution in [2.45, 2.75) is 77.0 Å². The molecule has 0 saturated carbocycles. The third-order valence-corrected chi connectivity index (χ3v) is 33.2. The van der Waals surface area contributed by atoms with Crippen LogP contribution in [0.5, 0.6) is 0 Å². The van der Waals surface area contributed by atoms with Crippen molar-refractivity contribution in [2.24, 2.45) is 0 Å². The number of thiophene rings is 1. The maximum Gasteiger partial charge on any atom is 0.235 e. The summed E-state index contributed by atoms with van der Waals surface area (Å²) in [6.45, 7) is 18.7. The van der Waals surface area contributed by atoms with Crippen LogP contribution in [0, 0.1) is 0 Å². The lowest BCUT2D eigenvalue weighted by atomic mass is 9.81. The number of hydrogen-bond donors (Lipinski definition) is 0. The van der Waals surface area contributed by atoms with Crippen LogP contribution in [0.3, 0.4) is 0 Å². The summed E-state index contributed by atoms with van der Waals surface area (Å²) in [6.07, 6.45) is 1.89. The molecule has 7 aromatic heterocycles. The summed E-state index contributed by atoms with van der Waals surface area (Å²) in [7, 11) is 0. The van der Waals surface area contributed by atoms with Crippen LogP contribution >= 0.6 is 11.3 Å². The number of benzene rings is 19. The van der Waals surface area contributed by atoms with Crippen LogP contribution in [0.2, 0.25) is 0 Å². The number of para-hydroxylation sites is 3. The third kappa shape index (κ3) is 13.4. The van der Waals surface area contributed by atoms with E-state index in [2.05, 4.69) is 488 Å². The molecule has 4 aliphatic carbocycles. The molecule has 7 heterocycles. The molecule has 4 aliphatic rings. The zero-order valence-electron chi connectivity index (χ0n) is 82.1. The summed E-state index contributed by atoms with van der Waals surface area (Å²) in [6, 6.07) is 158. The molecule has 0 N–H and O–H groups in total. The van der Waals surface area contributed by atoms with Gasteiger partial charge in [-0.3, -0.25) is 13.7 Å². The van der Waals surface area contributed by atoms with Gasteiger partial charge in [-0.1, -0.05) is 407 Å². The van der Waals surface area contributed by atoms with E-state index in [0.717, 1.165) is 89.0 Å². The van der Waals surface area contributed by atoms with E-state index >= 15 is 0 Å². The second-order valence-corrected chi connectivity index (χ2v) is 42.6. The fraction of sp³-hybridized carbons (Fsp3) is 0.0882. The Hall–Kier alpha value is -17.7. The van der Waals surface area contributed by atoms with Gasteiger partial charge in [-0.25, -0.2) is 29.9 Å². The van der Waals surface area contributed by atoms with Crippen LogP contribution in [0.15, 0.2) is 443 Å². The van der Waals surface area contributed by atoms with Crippen molar-refractivity contribution in [3.8, 4) is 141 Å². The molecule has 0 amide bonds. The van der Waals surface area contributed by atoms with E-state index in [1.807, 2.05) is 35.7 Å². The Bertz CT molecular complexity index is 9930. The number of aromatic nitrogens is 9. The molecule has 10 heteroatoms. The Morgan fingerprint density at radius 2 is 0.562 bits per heavy atom. The number of hydrogen-bond acceptors (Lipinski definition) is 7. The first kappa shape index (κ1) is 86.2. The van der Waals surface area contributed by atoms with E-state index in [1.165, 1.54) is 175 Å². The van der Waals surface area contributed by atoms with Gasteiger partial charge in [-0.2, -0.15) is 0 Å². The van der Waals surface area contributed by atoms with E-state index < -0.39 is 0 Å². The highest BCUT2D eigenvalue weighted by Crippen LogP contribution is 2.57. The molecule has 30 rings (SSSR count). The average Bonchev–Trinajstić information content (AvgIpc) is 1.53. The lowest BCUT2D eigenvalue weighted by Crippen LogP contribution is -2.15. The van der Waals surface area contributed by atoms with Crippen LogP contribution in [-0.2, 0) is 21.7 Å². The van der Waals surface area contributed by atoms with Crippen molar-refractivity contribution in [3.05, 3.63) is 487 Å². The Morgan fingerprint density at radius 3 is 1.15 bits per heavy atom. The lowest BCUT2D eigenvalue weighted by molar-refractivity contribution is 0.660. The van der Waals surface area contributed by atoms with Gasteiger partial charge in [0.1, 0.15) is 0 Å². The van der Waals surface area contributed by atoms with Gasteiger partial charge < -0.3 is 0 Å². The highest BCUT2D eigenvalue weighted by atomic mass is 32.1. The lowest BCUT2D eigenvalue weighted by Gasteiger charge is -2.22. The largest absolute Gasteiger partial charge is 0.278 e. The molecular formula is C136H97N9S. The predicted octanol–water partition coefficient (Wildman–Crippen LogP) is 35.1. The number of nitrogens with zero attached hydrogens (tertiary/aromatic N) is 9. The van der Waals surface area contributed by atoms with Crippen LogP contribution in [0.4, 0.5) is 0 Å². The summed E-state index contributed by atoms with van der Waals surface area (Å²) < 4.78 is 9.44. The monoisotopic (exact) mass is 1890 g/mol. The Balaban J connectivity index is 0.000000106. The van der Waals surface area contributed by atoms with Gasteiger partial charge in [-0.05, 0) is 207 Å². The Morgan fingerprint density at radius 1 is 0.192 bits per heavy atom. The second-order valence-electron chi connectivity index (χ2n) is 41.6. The first-order chi connectivity index (χ1) is 71.4. The molecule has 0 atom stereocenters. The Labute approximate surface area is 850 Å². The summed E-state index contributed by atoms with van der Waals surface area (Å²) in [5, 5.41) is 10.9. The molecule has 692 valence electrons. The predicted molar refractivity (Wildman–Crippen MR) is 608 cm³/mol. The molecule has 146 heavy (non-hydrogen) atoms. The van der Waals surface area contributed by atoms with E-state index in [4.69, 9.17) is 29.9 Å². The van der Waals surface area contributed by atoms with Gasteiger partial charge >= 0.3 is 0 Å². The third-order valence-electron chi connectivity index (χ3n) is 32.0. The van der Waals surface area contributed by atoms with E-state index in [1.54, 1.807) is 0 Å². The molecule has 19 aromatic carbocycles. The first-order valence-electron chi connectivity index (χ1n) is 50.5. The van der Waals surface area contributed by atoms with Gasteiger partial charge in [0.25, 0.3) is 0 Å². The van der Waals surface area contributed by atoms with E-state index in [9.17, 15) is 0 Å². The maximum atomic E-state index is 5.42.